The van der Waals surface area contributed by atoms with Crippen molar-refractivity contribution < 1.29 is 19.1 Å². The molecule has 3 heterocycles. The number of hydrogen-bond donors (Lipinski definition) is 0. The lowest BCUT2D eigenvalue weighted by Gasteiger charge is -2.26. The first-order valence-electron chi connectivity index (χ1n) is 11.8. The Morgan fingerprint density at radius 2 is 1.89 bits per heavy atom. The second-order valence-electron chi connectivity index (χ2n) is 8.90. The van der Waals surface area contributed by atoms with Crippen LogP contribution in [0.1, 0.15) is 50.8 Å². The van der Waals surface area contributed by atoms with Gasteiger partial charge in [-0.25, -0.2) is 9.78 Å². The molecule has 7 heteroatoms. The van der Waals surface area contributed by atoms with Crippen molar-refractivity contribution in [1.82, 2.24) is 4.98 Å². The van der Waals surface area contributed by atoms with Gasteiger partial charge in [0, 0.05) is 18.6 Å². The average Bonchev–Trinajstić information content (AvgIpc) is 3.57. The molecule has 2 aliphatic heterocycles. The second kappa shape index (κ2) is 9.24. The molecule has 0 radical (unpaired) electrons. The summed E-state index contributed by atoms with van der Waals surface area (Å²) in [5.41, 5.74) is 3.68. The Balaban J connectivity index is 1.34. The van der Waals surface area contributed by atoms with E-state index < -0.39 is 0 Å². The summed E-state index contributed by atoms with van der Waals surface area (Å²) in [5, 5.41) is 0.658. The summed E-state index contributed by atoms with van der Waals surface area (Å²) in [4.78, 5) is 33.0. The van der Waals surface area contributed by atoms with Gasteiger partial charge in [0.15, 0.2) is 5.13 Å². The number of carbonyl (C=O) groups is 2. The summed E-state index contributed by atoms with van der Waals surface area (Å²) in [5.74, 6) is -0.501. The first-order valence-corrected chi connectivity index (χ1v) is 12.7. The van der Waals surface area contributed by atoms with Crippen LogP contribution in [0.3, 0.4) is 0 Å². The van der Waals surface area contributed by atoms with Crippen LogP contribution in [-0.4, -0.2) is 36.1 Å². The molecule has 2 aliphatic rings. The molecular formula is C28H24N2O4S. The van der Waals surface area contributed by atoms with Crippen molar-refractivity contribution in [3.63, 3.8) is 0 Å². The Morgan fingerprint density at radius 1 is 1.06 bits per heavy atom. The summed E-state index contributed by atoms with van der Waals surface area (Å²) in [6.45, 7) is 1.17. The van der Waals surface area contributed by atoms with Gasteiger partial charge >= 0.3 is 5.97 Å². The van der Waals surface area contributed by atoms with Crippen LogP contribution in [0.4, 0.5) is 5.13 Å². The Morgan fingerprint density at radius 3 is 2.69 bits per heavy atom. The van der Waals surface area contributed by atoms with Crippen LogP contribution in [-0.2, 0) is 15.9 Å². The highest BCUT2D eigenvalue weighted by Crippen LogP contribution is 2.33. The van der Waals surface area contributed by atoms with Gasteiger partial charge < -0.3 is 9.47 Å². The molecule has 0 bridgehead atoms. The summed E-state index contributed by atoms with van der Waals surface area (Å²) in [6, 6.07) is 22.8. The van der Waals surface area contributed by atoms with Gasteiger partial charge in [0.25, 0.3) is 5.91 Å². The summed E-state index contributed by atoms with van der Waals surface area (Å²) < 4.78 is 12.6. The van der Waals surface area contributed by atoms with Crippen LogP contribution in [0.2, 0.25) is 0 Å². The van der Waals surface area contributed by atoms with E-state index in [1.54, 1.807) is 17.0 Å². The minimum atomic E-state index is -0.367. The maximum Gasteiger partial charge on any atom is 0.339 e. The number of benzene rings is 3. The van der Waals surface area contributed by atoms with Crippen LogP contribution in [0.15, 0.2) is 72.8 Å². The lowest BCUT2D eigenvalue weighted by atomic mass is 9.93. The van der Waals surface area contributed by atoms with Gasteiger partial charge in [-0.1, -0.05) is 53.8 Å². The van der Waals surface area contributed by atoms with Crippen LogP contribution >= 0.6 is 11.3 Å². The number of anilines is 1. The number of ether oxygens (including phenoxy) is 2. The summed E-state index contributed by atoms with van der Waals surface area (Å²) in [7, 11) is 0. The molecule has 1 aromatic heterocycles. The molecule has 2 atom stereocenters. The van der Waals surface area contributed by atoms with Gasteiger partial charge in [-0.3, -0.25) is 9.69 Å². The normalized spacial score (nSPS) is 19.4. The number of hydrogen-bond acceptors (Lipinski definition) is 6. The number of rotatable bonds is 5. The molecular weight excluding hydrogens is 460 g/mol. The van der Waals surface area contributed by atoms with Crippen LogP contribution < -0.4 is 4.90 Å². The molecule has 0 aliphatic carbocycles. The van der Waals surface area contributed by atoms with Crippen molar-refractivity contribution in [3.05, 3.63) is 95.1 Å². The smallest absolute Gasteiger partial charge is 0.339 e. The third kappa shape index (κ3) is 4.33. The largest absolute Gasteiger partial charge is 0.454 e. The van der Waals surface area contributed by atoms with Crippen molar-refractivity contribution in [3.8, 4) is 0 Å². The lowest BCUT2D eigenvalue weighted by molar-refractivity contribution is 0.0252. The van der Waals surface area contributed by atoms with E-state index in [-0.39, 0.29) is 24.1 Å². The number of cyclic esters (lactones) is 1. The number of fused-ring (bicyclic) bond motifs is 2. The predicted octanol–water partition coefficient (Wildman–Crippen LogP) is 5.58. The van der Waals surface area contributed by atoms with Gasteiger partial charge in [-0.05, 0) is 54.3 Å². The van der Waals surface area contributed by atoms with Crippen molar-refractivity contribution in [1.29, 1.82) is 0 Å². The Kier molecular flexibility index (Phi) is 5.80. The van der Waals surface area contributed by atoms with E-state index in [1.165, 1.54) is 11.3 Å². The van der Waals surface area contributed by atoms with Gasteiger partial charge in [0.1, 0.15) is 6.10 Å². The highest BCUT2D eigenvalue weighted by atomic mass is 32.1. The fraction of sp³-hybridized carbons (Fsp3) is 0.250. The zero-order valence-electron chi connectivity index (χ0n) is 19.1. The molecule has 176 valence electrons. The molecule has 1 saturated heterocycles. The molecule has 0 N–H and O–H groups in total. The van der Waals surface area contributed by atoms with Gasteiger partial charge in [0.05, 0.1) is 28.4 Å². The predicted molar refractivity (Wildman–Crippen MR) is 135 cm³/mol. The highest BCUT2D eigenvalue weighted by molar-refractivity contribution is 7.22. The molecule has 1 amide bonds. The second-order valence-corrected chi connectivity index (χ2v) is 9.90. The first kappa shape index (κ1) is 21.9. The maximum atomic E-state index is 13.8. The lowest BCUT2D eigenvalue weighted by Crippen LogP contribution is -2.37. The van der Waals surface area contributed by atoms with E-state index in [0.29, 0.717) is 35.8 Å². The maximum absolute atomic E-state index is 13.8. The van der Waals surface area contributed by atoms with Crippen molar-refractivity contribution >= 4 is 38.6 Å². The van der Waals surface area contributed by atoms with Crippen molar-refractivity contribution in [2.45, 2.75) is 31.5 Å². The van der Waals surface area contributed by atoms with Crippen LogP contribution in [0.25, 0.3) is 10.2 Å². The van der Waals surface area contributed by atoms with Crippen LogP contribution in [0, 0.1) is 0 Å². The van der Waals surface area contributed by atoms with Gasteiger partial charge in [0.2, 0.25) is 0 Å². The SMILES string of the molecule is O=C1O[C@H](c2ccccc2)Cc2cc(C(=O)N(C[C@H]3CCCO3)c3nc4ccccc4s3)ccc21. The Labute approximate surface area is 207 Å². The van der Waals surface area contributed by atoms with E-state index >= 15 is 0 Å². The average molecular weight is 485 g/mol. The fourth-order valence-electron chi connectivity index (χ4n) is 4.75. The quantitative estimate of drug-likeness (QED) is 0.346. The summed E-state index contributed by atoms with van der Waals surface area (Å²) in [6.07, 6.45) is 2.06. The van der Waals surface area contributed by atoms with Gasteiger partial charge in [-0.15, -0.1) is 0 Å². The zero-order valence-corrected chi connectivity index (χ0v) is 19.9. The van der Waals surface area contributed by atoms with E-state index in [9.17, 15) is 9.59 Å². The number of thiazole rings is 1. The molecule has 3 aromatic carbocycles. The Hall–Kier alpha value is -3.55. The third-order valence-corrected chi connectivity index (χ3v) is 7.63. The topological polar surface area (TPSA) is 68.7 Å². The molecule has 0 unspecified atom stereocenters. The Bertz CT molecular complexity index is 1360. The number of amides is 1. The monoisotopic (exact) mass is 484 g/mol. The van der Waals surface area contributed by atoms with Crippen molar-refractivity contribution in [2.75, 3.05) is 18.1 Å². The molecule has 6 rings (SSSR count). The van der Waals surface area contributed by atoms with Crippen molar-refractivity contribution in [2.24, 2.45) is 0 Å². The van der Waals surface area contributed by atoms with E-state index in [4.69, 9.17) is 14.5 Å². The van der Waals surface area contributed by atoms with E-state index in [1.807, 2.05) is 60.7 Å². The zero-order chi connectivity index (χ0) is 23.8. The van der Waals surface area contributed by atoms with Crippen LogP contribution in [0.5, 0.6) is 0 Å². The molecule has 0 saturated carbocycles. The minimum Gasteiger partial charge on any atom is -0.454 e. The van der Waals surface area contributed by atoms with Gasteiger partial charge in [-0.2, -0.15) is 0 Å². The molecule has 35 heavy (non-hydrogen) atoms. The summed E-state index contributed by atoms with van der Waals surface area (Å²) >= 11 is 1.50. The molecule has 6 nitrogen and oxygen atoms in total. The third-order valence-electron chi connectivity index (χ3n) is 6.57. The molecule has 0 spiro atoms. The molecule has 4 aromatic rings. The number of esters is 1. The fourth-order valence-corrected chi connectivity index (χ4v) is 5.73. The van der Waals surface area contributed by atoms with E-state index in [0.717, 1.165) is 34.2 Å². The number of para-hydroxylation sites is 1. The highest BCUT2D eigenvalue weighted by Gasteiger charge is 2.31. The van der Waals surface area contributed by atoms with E-state index in [2.05, 4.69) is 0 Å². The first-order chi connectivity index (χ1) is 17.2. The minimum absolute atomic E-state index is 0.0129. The standard InChI is InChI=1S/C28H24N2O4S/c31-26(30(17-21-9-6-14-33-21)28-29-23-10-4-5-11-25(23)35-28)19-12-13-22-20(15-19)16-24(34-27(22)32)18-7-2-1-3-8-18/h1-5,7-8,10-13,15,21,24H,6,9,14,16-17H2/t21-,24+/m1/s1. The number of nitrogens with zero attached hydrogens (tertiary/aromatic N) is 2. The molecule has 1 fully saturated rings. The number of carbonyl (C=O) groups excluding carboxylic acids is 2. The number of aromatic nitrogens is 1.